The molecule has 0 spiro atoms. The fourth-order valence-corrected chi connectivity index (χ4v) is 4.40. The van der Waals surface area contributed by atoms with Gasteiger partial charge in [-0.3, -0.25) is 9.11 Å². The Morgan fingerprint density at radius 1 is 0.711 bits per heavy atom. The first-order valence-electron chi connectivity index (χ1n) is 11.5. The molecule has 0 radical (unpaired) electrons. The summed E-state index contributed by atoms with van der Waals surface area (Å²) >= 11 is 0. The summed E-state index contributed by atoms with van der Waals surface area (Å²) in [4.78, 5) is 0. The van der Waals surface area contributed by atoms with E-state index in [4.69, 9.17) is 59.4 Å². The third-order valence-electron chi connectivity index (χ3n) is 6.48. The van der Waals surface area contributed by atoms with E-state index in [2.05, 4.69) is 0 Å². The predicted molar refractivity (Wildman–Crippen MR) is 122 cm³/mol. The maximum Gasteiger partial charge on any atom is 0.394 e. The summed E-state index contributed by atoms with van der Waals surface area (Å²) in [7, 11) is -4.67. The average molecular weight is 583 g/mol. The molecule has 3 rings (SSSR count). The molecule has 1 saturated carbocycles. The van der Waals surface area contributed by atoms with Crippen LogP contribution in [0.1, 0.15) is 6.42 Å². The fourth-order valence-electron chi connectivity index (χ4n) is 4.40. The molecule has 2 aliphatic heterocycles. The van der Waals surface area contributed by atoms with Gasteiger partial charge < -0.3 is 77.6 Å². The van der Waals surface area contributed by atoms with E-state index in [9.17, 15) is 35.7 Å². The van der Waals surface area contributed by atoms with Gasteiger partial charge in [0.25, 0.3) is 0 Å². The fraction of sp³-hybridized carbons (Fsp3) is 1.00. The molecule has 15 atom stereocenters. The molecule has 11 unspecified atom stereocenters. The Labute approximate surface area is 217 Å². The Morgan fingerprint density at radius 3 is 1.61 bits per heavy atom. The Morgan fingerprint density at radius 2 is 1.16 bits per heavy atom. The van der Waals surface area contributed by atoms with Crippen LogP contribution in [0, 0.1) is 0 Å². The van der Waals surface area contributed by atoms with E-state index >= 15 is 0 Å². The van der Waals surface area contributed by atoms with Crippen LogP contribution in [0.15, 0.2) is 0 Å². The molecule has 2 heterocycles. The molecule has 2 saturated heterocycles. The van der Waals surface area contributed by atoms with Crippen molar-refractivity contribution in [2.24, 2.45) is 22.9 Å². The molecule has 3 fully saturated rings. The minimum absolute atomic E-state index is 0.0849. The van der Waals surface area contributed by atoms with E-state index < -0.39 is 109 Å². The summed E-state index contributed by atoms with van der Waals surface area (Å²) in [5, 5.41) is 70.9. The van der Waals surface area contributed by atoms with Crippen molar-refractivity contribution in [2.75, 3.05) is 13.2 Å². The summed E-state index contributed by atoms with van der Waals surface area (Å²) in [5.74, 6) is 0. The van der Waals surface area contributed by atoms with Crippen molar-refractivity contribution in [3.05, 3.63) is 0 Å². The maximum atomic E-state index is 10.9. The van der Waals surface area contributed by atoms with Gasteiger partial charge in [0.05, 0.1) is 12.6 Å². The van der Waals surface area contributed by atoms with Crippen molar-refractivity contribution in [3.63, 3.8) is 0 Å². The lowest BCUT2D eigenvalue weighted by Gasteiger charge is -2.48. The second-order valence-electron chi connectivity index (χ2n) is 9.24. The molecular weight excluding hydrogens is 544 g/mol. The number of hydrogen-bond acceptors (Lipinski definition) is 17. The van der Waals surface area contributed by atoms with Gasteiger partial charge in [-0.25, -0.2) is 0 Å². The van der Waals surface area contributed by atoms with E-state index in [1.165, 1.54) is 0 Å². The molecule has 0 aromatic rings. The summed E-state index contributed by atoms with van der Waals surface area (Å²) in [5.41, 5.74) is 23.5. The Hall–Kier alpha value is -0.730. The molecule has 0 amide bonds. The van der Waals surface area contributed by atoms with Gasteiger partial charge in [-0.2, -0.15) is 8.42 Å². The molecule has 19 nitrogen and oxygen atoms in total. The summed E-state index contributed by atoms with van der Waals surface area (Å²) in [6, 6.07) is -2.86. The van der Waals surface area contributed by atoms with Crippen LogP contribution in [0.25, 0.3) is 0 Å². The average Bonchev–Trinajstić information content (AvgIpc) is 2.83. The van der Waals surface area contributed by atoms with E-state index in [1.807, 2.05) is 0 Å². The predicted octanol–water partition coefficient (Wildman–Crippen LogP) is -7.94. The van der Waals surface area contributed by atoms with Crippen LogP contribution >= 0.6 is 0 Å². The molecular formula is C18H38N4O15S. The van der Waals surface area contributed by atoms with Crippen LogP contribution < -0.4 is 22.9 Å². The summed E-state index contributed by atoms with van der Waals surface area (Å²) in [6.07, 6.45) is -16.5. The van der Waals surface area contributed by atoms with E-state index in [-0.39, 0.29) is 13.0 Å². The topological polar surface area (TPSA) is 357 Å². The molecule has 226 valence electrons. The van der Waals surface area contributed by atoms with Crippen LogP contribution in [0.4, 0.5) is 0 Å². The Balaban J connectivity index is 0.000000926. The highest BCUT2D eigenvalue weighted by Crippen LogP contribution is 2.31. The van der Waals surface area contributed by atoms with Crippen molar-refractivity contribution in [3.8, 4) is 0 Å². The zero-order valence-corrected chi connectivity index (χ0v) is 20.8. The van der Waals surface area contributed by atoms with E-state index in [0.717, 1.165) is 0 Å². The minimum atomic E-state index is -4.67. The van der Waals surface area contributed by atoms with Crippen LogP contribution in [-0.2, 0) is 29.3 Å². The zero-order valence-electron chi connectivity index (χ0n) is 20.0. The lowest BCUT2D eigenvalue weighted by Crippen LogP contribution is -2.68. The van der Waals surface area contributed by atoms with Crippen molar-refractivity contribution in [2.45, 2.75) is 98.2 Å². The van der Waals surface area contributed by atoms with Crippen LogP contribution in [0.3, 0.4) is 0 Å². The number of aliphatic hydroxyl groups is 7. The van der Waals surface area contributed by atoms with Crippen LogP contribution in [-0.4, -0.2) is 158 Å². The number of aliphatic hydroxyl groups excluding tert-OH is 7. The third kappa shape index (κ3) is 8.15. The molecule has 17 N–H and O–H groups in total. The zero-order chi connectivity index (χ0) is 29.1. The van der Waals surface area contributed by atoms with Gasteiger partial charge in [0, 0.05) is 18.6 Å². The molecule has 20 heteroatoms. The molecule has 1 aliphatic carbocycles. The van der Waals surface area contributed by atoms with Crippen molar-refractivity contribution in [1.82, 2.24) is 0 Å². The van der Waals surface area contributed by atoms with Crippen molar-refractivity contribution >= 4 is 10.4 Å². The minimum Gasteiger partial charge on any atom is -0.394 e. The van der Waals surface area contributed by atoms with Gasteiger partial charge in [0.1, 0.15) is 61.0 Å². The van der Waals surface area contributed by atoms with Crippen LogP contribution in [0.2, 0.25) is 0 Å². The number of ether oxygens (including phenoxy) is 4. The SMILES string of the molecule is NCC1O[C@@H](OC2C(N)C[C@H](N)[C@@H](O[C@H]3OC(CO)C(O)C(N)C3O)C2O)C(O)C(O)C1O.O=S(=O)(O)O. The van der Waals surface area contributed by atoms with E-state index in [1.54, 1.807) is 0 Å². The Bertz CT molecular complexity index is 783. The van der Waals surface area contributed by atoms with Gasteiger partial charge in [-0.15, -0.1) is 0 Å². The van der Waals surface area contributed by atoms with Gasteiger partial charge in [0.2, 0.25) is 0 Å². The summed E-state index contributed by atoms with van der Waals surface area (Å²) in [6.45, 7) is -0.763. The highest BCUT2D eigenvalue weighted by molar-refractivity contribution is 7.79. The molecule has 3 aliphatic rings. The largest absolute Gasteiger partial charge is 0.394 e. The van der Waals surface area contributed by atoms with E-state index in [0.29, 0.717) is 0 Å². The highest BCUT2D eigenvalue weighted by atomic mass is 32.3. The summed E-state index contributed by atoms with van der Waals surface area (Å²) < 4.78 is 53.8. The number of hydrogen-bond donors (Lipinski definition) is 13. The normalized spacial score (nSPS) is 48.2. The molecule has 0 aromatic carbocycles. The highest BCUT2D eigenvalue weighted by Gasteiger charge is 2.51. The molecule has 38 heavy (non-hydrogen) atoms. The van der Waals surface area contributed by atoms with Crippen molar-refractivity contribution in [1.29, 1.82) is 0 Å². The second-order valence-corrected chi connectivity index (χ2v) is 10.1. The van der Waals surface area contributed by atoms with Gasteiger partial charge >= 0.3 is 10.4 Å². The van der Waals surface area contributed by atoms with Crippen LogP contribution in [0.5, 0.6) is 0 Å². The van der Waals surface area contributed by atoms with Gasteiger partial charge in [0.15, 0.2) is 12.6 Å². The monoisotopic (exact) mass is 582 g/mol. The smallest absolute Gasteiger partial charge is 0.394 e. The maximum absolute atomic E-state index is 10.9. The number of nitrogens with two attached hydrogens (primary N) is 4. The standard InChI is InChI=1S/C18H36N4O11.H2O4S/c19-2-6-10(25)12(27)13(28)18(30-6)33-16-5(21)1-4(20)15(14(16)29)32-17-11(26)8(22)9(24)7(3-23)31-17;1-5(2,3)4/h4-18,23-29H,1-3,19-22H2;(H2,1,2,3,4)/t4-,5?,6?,7?,8?,9?,10?,11?,12?,13?,14?,15+,16?,17+,18-;/m0./s1. The first kappa shape index (κ1) is 33.5. The first-order valence-corrected chi connectivity index (χ1v) is 12.9. The third-order valence-corrected chi connectivity index (χ3v) is 6.48. The quantitative estimate of drug-likeness (QED) is 0.129. The first-order chi connectivity index (χ1) is 17.5. The number of rotatable bonds is 6. The Kier molecular flexibility index (Phi) is 12.1. The van der Waals surface area contributed by atoms with Gasteiger partial charge in [-0.05, 0) is 6.42 Å². The molecule has 0 aromatic heterocycles. The van der Waals surface area contributed by atoms with Gasteiger partial charge in [-0.1, -0.05) is 0 Å². The van der Waals surface area contributed by atoms with Crippen molar-refractivity contribution < 1.29 is 72.2 Å². The molecule has 0 bridgehead atoms. The second kappa shape index (κ2) is 13.8. The lowest BCUT2D eigenvalue weighted by atomic mass is 9.84. The lowest BCUT2D eigenvalue weighted by molar-refractivity contribution is -0.332.